The highest BCUT2D eigenvalue weighted by molar-refractivity contribution is 9.10. The Morgan fingerprint density at radius 2 is 2.16 bits per heavy atom. The highest BCUT2D eigenvalue weighted by atomic mass is 79.9. The van der Waals surface area contributed by atoms with Crippen molar-refractivity contribution in [2.75, 3.05) is 0 Å². The Labute approximate surface area is 123 Å². The third kappa shape index (κ3) is 4.73. The summed E-state index contributed by atoms with van der Waals surface area (Å²) in [6.45, 7) is 6.84. The van der Waals surface area contributed by atoms with Gasteiger partial charge in [-0.1, -0.05) is 20.3 Å². The number of carbonyl (C=O) groups is 1. The van der Waals surface area contributed by atoms with Gasteiger partial charge in [0.1, 0.15) is 5.69 Å². The molecule has 0 aromatic carbocycles. The third-order valence-corrected chi connectivity index (χ3v) is 3.79. The molecule has 0 amide bonds. The number of hydrogen-bond acceptors (Lipinski definition) is 3. The van der Waals surface area contributed by atoms with Gasteiger partial charge >= 0.3 is 0 Å². The fraction of sp³-hybridized carbons (Fsp3) is 0.714. The lowest BCUT2D eigenvalue weighted by atomic mass is 9.96. The van der Waals surface area contributed by atoms with Gasteiger partial charge in [0.15, 0.2) is 5.78 Å². The maximum absolute atomic E-state index is 12.5. The second-order valence-corrected chi connectivity index (χ2v) is 6.09. The first kappa shape index (κ1) is 16.4. The van der Waals surface area contributed by atoms with E-state index in [1.54, 1.807) is 10.9 Å². The van der Waals surface area contributed by atoms with Crippen molar-refractivity contribution in [1.82, 2.24) is 9.78 Å². The number of nitrogens with two attached hydrogens (primary N) is 1. The fourth-order valence-corrected chi connectivity index (χ4v) is 2.59. The van der Waals surface area contributed by atoms with Gasteiger partial charge in [0.25, 0.3) is 0 Å². The Morgan fingerprint density at radius 3 is 2.74 bits per heavy atom. The summed E-state index contributed by atoms with van der Waals surface area (Å²) in [4.78, 5) is 12.5. The molecule has 19 heavy (non-hydrogen) atoms. The molecule has 0 saturated carbocycles. The fourth-order valence-electron chi connectivity index (χ4n) is 2.10. The molecule has 0 aliphatic carbocycles. The zero-order valence-electron chi connectivity index (χ0n) is 12.0. The third-order valence-electron chi connectivity index (χ3n) is 3.21. The molecule has 108 valence electrons. The lowest BCUT2D eigenvalue weighted by Crippen LogP contribution is -2.19. The van der Waals surface area contributed by atoms with E-state index in [1.807, 2.05) is 13.8 Å². The molecule has 1 rings (SSSR count). The normalized spacial score (nSPS) is 14.4. The van der Waals surface area contributed by atoms with E-state index in [0.29, 0.717) is 5.69 Å². The van der Waals surface area contributed by atoms with Crippen molar-refractivity contribution in [1.29, 1.82) is 0 Å². The Kier molecular flexibility index (Phi) is 6.72. The second kappa shape index (κ2) is 7.80. The molecule has 2 atom stereocenters. The molecular weight excluding hydrogens is 306 g/mol. The lowest BCUT2D eigenvalue weighted by Gasteiger charge is -2.13. The highest BCUT2D eigenvalue weighted by Crippen LogP contribution is 2.22. The van der Waals surface area contributed by atoms with Crippen molar-refractivity contribution in [3.05, 3.63) is 16.4 Å². The van der Waals surface area contributed by atoms with E-state index in [1.165, 1.54) is 0 Å². The van der Waals surface area contributed by atoms with Crippen LogP contribution in [0.15, 0.2) is 10.7 Å². The van der Waals surface area contributed by atoms with Crippen LogP contribution < -0.4 is 5.73 Å². The molecule has 2 unspecified atom stereocenters. The van der Waals surface area contributed by atoms with E-state index >= 15 is 0 Å². The molecule has 5 heteroatoms. The molecule has 0 aliphatic heterocycles. The molecule has 0 bridgehead atoms. The number of halogens is 1. The van der Waals surface area contributed by atoms with Gasteiger partial charge in [-0.25, -0.2) is 0 Å². The summed E-state index contributed by atoms with van der Waals surface area (Å²) in [5, 5.41) is 4.25. The van der Waals surface area contributed by atoms with Gasteiger partial charge in [0, 0.05) is 18.5 Å². The first-order valence-electron chi connectivity index (χ1n) is 6.98. The van der Waals surface area contributed by atoms with Crippen molar-refractivity contribution < 1.29 is 4.79 Å². The minimum atomic E-state index is 0.0161. The Balaban J connectivity index is 2.68. The first-order valence-corrected chi connectivity index (χ1v) is 7.77. The molecule has 4 nitrogen and oxygen atoms in total. The molecule has 0 radical (unpaired) electrons. The number of carbonyl (C=O) groups excluding carboxylic acids is 1. The first-order chi connectivity index (χ1) is 8.97. The summed E-state index contributed by atoms with van der Waals surface area (Å²) in [6.07, 6.45) is 5.51. The molecule has 0 fully saturated rings. The van der Waals surface area contributed by atoms with Gasteiger partial charge in [-0.05, 0) is 42.1 Å². The van der Waals surface area contributed by atoms with Crippen LogP contribution in [0.25, 0.3) is 0 Å². The predicted molar refractivity (Wildman–Crippen MR) is 81.2 cm³/mol. The average Bonchev–Trinajstić information content (AvgIpc) is 2.69. The van der Waals surface area contributed by atoms with Crippen molar-refractivity contribution in [3.8, 4) is 0 Å². The summed E-state index contributed by atoms with van der Waals surface area (Å²) in [6, 6.07) is 0.208. The topological polar surface area (TPSA) is 60.9 Å². The predicted octanol–water partition coefficient (Wildman–Crippen LogP) is 3.39. The van der Waals surface area contributed by atoms with Crippen LogP contribution >= 0.6 is 15.9 Å². The van der Waals surface area contributed by atoms with Gasteiger partial charge in [-0.3, -0.25) is 9.48 Å². The smallest absolute Gasteiger partial charge is 0.184 e. The minimum Gasteiger partial charge on any atom is -0.328 e. The standard InChI is InChI=1S/C14H24BrN3O/c1-4-8-18-13(12(15)9-17-18)14(19)10(2)6-5-7-11(3)16/h9-11H,4-8,16H2,1-3H3. The molecule has 1 aromatic heterocycles. The van der Waals surface area contributed by atoms with E-state index in [2.05, 4.69) is 28.0 Å². The van der Waals surface area contributed by atoms with E-state index < -0.39 is 0 Å². The minimum absolute atomic E-state index is 0.0161. The van der Waals surface area contributed by atoms with Crippen LogP contribution in [-0.4, -0.2) is 21.6 Å². The van der Waals surface area contributed by atoms with Crippen LogP contribution in [0, 0.1) is 5.92 Å². The summed E-state index contributed by atoms with van der Waals surface area (Å²) >= 11 is 3.42. The van der Waals surface area contributed by atoms with Gasteiger partial charge in [0.05, 0.1) is 10.7 Å². The summed E-state index contributed by atoms with van der Waals surface area (Å²) in [5.41, 5.74) is 6.43. The zero-order chi connectivity index (χ0) is 14.4. The molecule has 0 spiro atoms. The second-order valence-electron chi connectivity index (χ2n) is 5.24. The van der Waals surface area contributed by atoms with Crippen LogP contribution in [0.3, 0.4) is 0 Å². The summed E-state index contributed by atoms with van der Waals surface area (Å²) in [7, 11) is 0. The summed E-state index contributed by atoms with van der Waals surface area (Å²) < 4.78 is 2.60. The van der Waals surface area contributed by atoms with Crippen LogP contribution in [-0.2, 0) is 6.54 Å². The van der Waals surface area contributed by atoms with Crippen molar-refractivity contribution in [2.45, 2.75) is 59.0 Å². The van der Waals surface area contributed by atoms with Crippen LogP contribution in [0.4, 0.5) is 0 Å². The largest absolute Gasteiger partial charge is 0.328 e. The Hall–Kier alpha value is -0.680. The van der Waals surface area contributed by atoms with Crippen molar-refractivity contribution in [2.24, 2.45) is 11.7 Å². The number of Topliss-reactive ketones (excluding diaryl/α,β-unsaturated/α-hetero) is 1. The molecule has 1 heterocycles. The number of aromatic nitrogens is 2. The number of nitrogens with zero attached hydrogens (tertiary/aromatic N) is 2. The molecule has 2 N–H and O–H groups in total. The number of rotatable bonds is 8. The quantitative estimate of drug-likeness (QED) is 0.743. The average molecular weight is 330 g/mol. The number of aryl methyl sites for hydroxylation is 1. The number of hydrogen-bond donors (Lipinski definition) is 1. The van der Waals surface area contributed by atoms with Crippen LogP contribution in [0.5, 0.6) is 0 Å². The van der Waals surface area contributed by atoms with Crippen molar-refractivity contribution >= 4 is 21.7 Å². The van der Waals surface area contributed by atoms with Gasteiger partial charge in [-0.15, -0.1) is 0 Å². The van der Waals surface area contributed by atoms with E-state index in [0.717, 1.165) is 36.7 Å². The lowest BCUT2D eigenvalue weighted by molar-refractivity contribution is 0.0910. The van der Waals surface area contributed by atoms with Gasteiger partial charge in [0.2, 0.25) is 0 Å². The van der Waals surface area contributed by atoms with Crippen LogP contribution in [0.1, 0.15) is 56.9 Å². The number of ketones is 1. The summed E-state index contributed by atoms with van der Waals surface area (Å²) in [5.74, 6) is 0.185. The SMILES string of the molecule is CCCn1ncc(Br)c1C(=O)C(C)CCCC(C)N. The molecule has 1 aromatic rings. The monoisotopic (exact) mass is 329 g/mol. The van der Waals surface area contributed by atoms with Crippen LogP contribution in [0.2, 0.25) is 0 Å². The Bertz CT molecular complexity index is 415. The van der Waals surface area contributed by atoms with Gasteiger partial charge < -0.3 is 5.73 Å². The Morgan fingerprint density at radius 1 is 1.47 bits per heavy atom. The van der Waals surface area contributed by atoms with E-state index in [-0.39, 0.29) is 17.7 Å². The highest BCUT2D eigenvalue weighted by Gasteiger charge is 2.22. The van der Waals surface area contributed by atoms with Crippen molar-refractivity contribution in [3.63, 3.8) is 0 Å². The van der Waals surface area contributed by atoms with Gasteiger partial charge in [-0.2, -0.15) is 5.10 Å². The zero-order valence-corrected chi connectivity index (χ0v) is 13.6. The maximum Gasteiger partial charge on any atom is 0.184 e. The van der Waals surface area contributed by atoms with E-state index in [9.17, 15) is 4.79 Å². The van der Waals surface area contributed by atoms with E-state index in [4.69, 9.17) is 5.73 Å². The molecule has 0 saturated heterocycles. The maximum atomic E-state index is 12.5. The molecular formula is C14H24BrN3O. The molecule has 0 aliphatic rings.